The number of hydrogen-bond acceptors (Lipinski definition) is 4. The Morgan fingerprint density at radius 1 is 1.28 bits per heavy atom. The molecule has 25 heavy (non-hydrogen) atoms. The number of nitriles is 1. The lowest BCUT2D eigenvalue weighted by atomic mass is 9.83. The van der Waals surface area contributed by atoms with Crippen LogP contribution in [0.25, 0.3) is 0 Å². The van der Waals surface area contributed by atoms with Gasteiger partial charge in [-0.1, -0.05) is 48.5 Å². The van der Waals surface area contributed by atoms with Crippen molar-refractivity contribution >= 4 is 35.1 Å². The Hall–Kier alpha value is -1.77. The molecular weight excluding hydrogens is 363 g/mol. The highest BCUT2D eigenvalue weighted by Gasteiger charge is 2.35. The Bertz CT molecular complexity index is 694. The first-order valence-corrected chi connectivity index (χ1v) is 8.97. The lowest BCUT2D eigenvalue weighted by molar-refractivity contribution is -0.154. The maximum Gasteiger partial charge on any atom is 0.311 e. The van der Waals surface area contributed by atoms with E-state index in [1.807, 2.05) is 0 Å². The summed E-state index contributed by atoms with van der Waals surface area (Å²) in [7, 11) is 0. The molecule has 0 aliphatic heterocycles. The van der Waals surface area contributed by atoms with Crippen LogP contribution in [0.15, 0.2) is 18.2 Å². The average molecular weight is 383 g/mol. The number of benzene rings is 1. The summed E-state index contributed by atoms with van der Waals surface area (Å²) >= 11 is 11.7. The van der Waals surface area contributed by atoms with Crippen LogP contribution in [0.5, 0.6) is 0 Å². The number of carbonyl (C=O) groups is 2. The smallest absolute Gasteiger partial charge is 0.311 e. The van der Waals surface area contributed by atoms with Gasteiger partial charge in [0.05, 0.1) is 22.5 Å². The number of rotatable bonds is 5. The molecule has 1 amide bonds. The van der Waals surface area contributed by atoms with Gasteiger partial charge in [-0.15, -0.1) is 0 Å². The van der Waals surface area contributed by atoms with Gasteiger partial charge in [0, 0.05) is 0 Å². The molecule has 1 aromatic rings. The molecule has 1 N–H and O–H groups in total. The lowest BCUT2D eigenvalue weighted by Gasteiger charge is -2.32. The predicted molar refractivity (Wildman–Crippen MR) is 95.3 cm³/mol. The van der Waals surface area contributed by atoms with E-state index in [1.54, 1.807) is 18.2 Å². The van der Waals surface area contributed by atoms with Crippen molar-refractivity contribution in [3.05, 3.63) is 33.8 Å². The van der Waals surface area contributed by atoms with Gasteiger partial charge >= 0.3 is 5.97 Å². The van der Waals surface area contributed by atoms with E-state index < -0.39 is 23.5 Å². The molecule has 1 saturated carbocycles. The molecule has 7 heteroatoms. The zero-order valence-electron chi connectivity index (χ0n) is 14.0. The van der Waals surface area contributed by atoms with Gasteiger partial charge in [-0.2, -0.15) is 5.26 Å². The van der Waals surface area contributed by atoms with Crippen molar-refractivity contribution in [3.8, 4) is 6.07 Å². The van der Waals surface area contributed by atoms with E-state index in [1.165, 1.54) is 6.92 Å². The molecule has 0 unspecified atom stereocenters. The first-order chi connectivity index (χ1) is 11.8. The average Bonchev–Trinajstić information content (AvgIpc) is 2.58. The molecule has 2 rings (SSSR count). The van der Waals surface area contributed by atoms with Crippen molar-refractivity contribution in [2.24, 2.45) is 0 Å². The molecule has 0 radical (unpaired) electrons. The van der Waals surface area contributed by atoms with E-state index in [9.17, 15) is 14.9 Å². The Morgan fingerprint density at radius 3 is 2.56 bits per heavy atom. The van der Waals surface area contributed by atoms with Crippen molar-refractivity contribution in [2.45, 2.75) is 57.1 Å². The van der Waals surface area contributed by atoms with Crippen LogP contribution in [0.3, 0.4) is 0 Å². The predicted octanol–water partition coefficient (Wildman–Crippen LogP) is 3.81. The Balaban J connectivity index is 1.90. The fourth-order valence-electron chi connectivity index (χ4n) is 2.87. The molecule has 0 heterocycles. The van der Waals surface area contributed by atoms with Crippen LogP contribution in [0.2, 0.25) is 10.0 Å². The third kappa shape index (κ3) is 5.35. The summed E-state index contributed by atoms with van der Waals surface area (Å²) in [6, 6.07) is 7.07. The highest BCUT2D eigenvalue weighted by molar-refractivity contribution is 6.42. The maximum atomic E-state index is 12.3. The fraction of sp³-hybridized carbons (Fsp3) is 0.500. The first kappa shape index (κ1) is 19.6. The second-order valence-electron chi connectivity index (χ2n) is 6.30. The lowest BCUT2D eigenvalue weighted by Crippen LogP contribution is -2.52. The number of nitrogens with one attached hydrogen (secondary N) is 1. The van der Waals surface area contributed by atoms with Gasteiger partial charge in [-0.3, -0.25) is 9.59 Å². The second kappa shape index (κ2) is 8.55. The summed E-state index contributed by atoms with van der Waals surface area (Å²) in [5.41, 5.74) is -0.201. The zero-order valence-corrected chi connectivity index (χ0v) is 15.5. The first-order valence-electron chi connectivity index (χ1n) is 8.22. The van der Waals surface area contributed by atoms with Gasteiger partial charge in [0.1, 0.15) is 5.54 Å². The van der Waals surface area contributed by atoms with Crippen LogP contribution in [0.1, 0.15) is 44.6 Å². The van der Waals surface area contributed by atoms with Crippen LogP contribution >= 0.6 is 23.2 Å². The van der Waals surface area contributed by atoms with E-state index in [-0.39, 0.29) is 6.42 Å². The molecule has 5 nitrogen and oxygen atoms in total. The standard InChI is InChI=1S/C18H20Cl2N2O3/c1-12(17(24)22-18(11-21)7-3-2-4-8-18)25-16(23)10-13-5-6-14(19)15(20)9-13/h5-6,9,12H,2-4,7-8,10H2,1H3,(H,22,24)/t12-/m1/s1. The largest absolute Gasteiger partial charge is 0.452 e. The topological polar surface area (TPSA) is 79.2 Å². The minimum absolute atomic E-state index is 0.0160. The molecule has 0 bridgehead atoms. The second-order valence-corrected chi connectivity index (χ2v) is 7.12. The summed E-state index contributed by atoms with van der Waals surface area (Å²) in [5, 5.41) is 12.9. The third-order valence-electron chi connectivity index (χ3n) is 4.29. The quantitative estimate of drug-likeness (QED) is 0.785. The molecule has 0 aromatic heterocycles. The molecule has 1 atom stereocenters. The van der Waals surface area contributed by atoms with Gasteiger partial charge in [-0.05, 0) is 37.5 Å². The SMILES string of the molecule is C[C@@H](OC(=O)Cc1ccc(Cl)c(Cl)c1)C(=O)NC1(C#N)CCCCC1. The summed E-state index contributed by atoms with van der Waals surface area (Å²) in [6.45, 7) is 1.50. The van der Waals surface area contributed by atoms with Crippen LogP contribution in [-0.4, -0.2) is 23.5 Å². The molecule has 1 aliphatic rings. The molecule has 134 valence electrons. The normalized spacial score (nSPS) is 17.2. The van der Waals surface area contributed by atoms with Crippen LogP contribution < -0.4 is 5.32 Å². The molecule has 1 aliphatic carbocycles. The minimum atomic E-state index is -0.970. The van der Waals surface area contributed by atoms with Crippen LogP contribution in [0, 0.1) is 11.3 Å². The summed E-state index contributed by atoms with van der Waals surface area (Å²) in [6.07, 6.45) is 3.13. The monoisotopic (exact) mass is 382 g/mol. The molecule has 1 aromatic carbocycles. The van der Waals surface area contributed by atoms with E-state index in [0.717, 1.165) is 19.3 Å². The number of ether oxygens (including phenoxy) is 1. The van der Waals surface area contributed by atoms with Gasteiger partial charge < -0.3 is 10.1 Å². The Morgan fingerprint density at radius 2 is 1.96 bits per heavy atom. The van der Waals surface area contributed by atoms with E-state index in [4.69, 9.17) is 27.9 Å². The van der Waals surface area contributed by atoms with E-state index in [2.05, 4.69) is 11.4 Å². The highest BCUT2D eigenvalue weighted by Crippen LogP contribution is 2.27. The van der Waals surface area contributed by atoms with Gasteiger partial charge in [0.15, 0.2) is 6.10 Å². The fourth-order valence-corrected chi connectivity index (χ4v) is 3.19. The number of hydrogen-bond donors (Lipinski definition) is 1. The van der Waals surface area contributed by atoms with Crippen molar-refractivity contribution in [1.29, 1.82) is 5.26 Å². The van der Waals surface area contributed by atoms with Gasteiger partial charge in [-0.25, -0.2) is 0 Å². The van der Waals surface area contributed by atoms with Crippen molar-refractivity contribution in [3.63, 3.8) is 0 Å². The number of carbonyl (C=O) groups excluding carboxylic acids is 2. The zero-order chi connectivity index (χ0) is 18.4. The van der Waals surface area contributed by atoms with Crippen molar-refractivity contribution in [1.82, 2.24) is 5.32 Å². The summed E-state index contributed by atoms with van der Waals surface area (Å²) < 4.78 is 5.18. The van der Waals surface area contributed by atoms with Crippen molar-refractivity contribution < 1.29 is 14.3 Å². The number of esters is 1. The molecule has 0 spiro atoms. The van der Waals surface area contributed by atoms with E-state index in [0.29, 0.717) is 28.5 Å². The summed E-state index contributed by atoms with van der Waals surface area (Å²) in [4.78, 5) is 24.3. The number of nitrogens with zero attached hydrogens (tertiary/aromatic N) is 1. The molecule has 0 saturated heterocycles. The highest BCUT2D eigenvalue weighted by atomic mass is 35.5. The van der Waals surface area contributed by atoms with Gasteiger partial charge in [0.25, 0.3) is 5.91 Å². The van der Waals surface area contributed by atoms with Crippen LogP contribution in [-0.2, 0) is 20.7 Å². The molecule has 1 fully saturated rings. The van der Waals surface area contributed by atoms with Crippen LogP contribution in [0.4, 0.5) is 0 Å². The van der Waals surface area contributed by atoms with E-state index >= 15 is 0 Å². The Kier molecular flexibility index (Phi) is 6.69. The van der Waals surface area contributed by atoms with Crippen molar-refractivity contribution in [2.75, 3.05) is 0 Å². The number of halogens is 2. The Labute approximate surface area is 157 Å². The summed E-state index contributed by atoms with van der Waals surface area (Å²) in [5.74, 6) is -0.998. The maximum absolute atomic E-state index is 12.3. The minimum Gasteiger partial charge on any atom is -0.452 e. The number of amides is 1. The van der Waals surface area contributed by atoms with Gasteiger partial charge in [0.2, 0.25) is 0 Å². The third-order valence-corrected chi connectivity index (χ3v) is 5.03. The molecular formula is C18H20Cl2N2O3.